The van der Waals surface area contributed by atoms with Crippen molar-refractivity contribution in [1.29, 1.82) is 0 Å². The van der Waals surface area contributed by atoms with Crippen molar-refractivity contribution in [2.24, 2.45) is 4.99 Å². The smallest absolute Gasteiger partial charge is 0.191 e. The predicted octanol–water partition coefficient (Wildman–Crippen LogP) is 3.51. The Hall–Kier alpha value is -0.340. The van der Waals surface area contributed by atoms with Gasteiger partial charge in [-0.15, -0.1) is 24.0 Å². The first-order valence-electron chi connectivity index (χ1n) is 7.46. The molecule has 0 amide bonds. The molecule has 3 unspecified atom stereocenters. The van der Waals surface area contributed by atoms with Gasteiger partial charge in [0.1, 0.15) is 0 Å². The minimum absolute atomic E-state index is 0. The Morgan fingerprint density at radius 1 is 1.41 bits per heavy atom. The molecule has 1 aliphatic rings. The Kier molecular flexibility index (Phi) is 8.71. The summed E-state index contributed by atoms with van der Waals surface area (Å²) in [5.74, 6) is 1.46. The monoisotopic (exact) mass is 481 g/mol. The second-order valence-corrected chi connectivity index (χ2v) is 6.38. The van der Waals surface area contributed by atoms with Crippen LogP contribution in [-0.4, -0.2) is 38.3 Å². The normalized spacial score (nSPS) is 21.7. The fourth-order valence-electron chi connectivity index (χ4n) is 2.42. The zero-order valence-corrected chi connectivity index (χ0v) is 17.2. The average Bonchev–Trinajstić information content (AvgIpc) is 3.19. The third kappa shape index (κ3) is 6.04. The maximum Gasteiger partial charge on any atom is 0.191 e. The van der Waals surface area contributed by atoms with Gasteiger partial charge in [-0.3, -0.25) is 4.99 Å². The summed E-state index contributed by atoms with van der Waals surface area (Å²) in [6.07, 6.45) is 1.16. The van der Waals surface area contributed by atoms with E-state index in [-0.39, 0.29) is 30.0 Å². The molecule has 2 rings (SSSR count). The summed E-state index contributed by atoms with van der Waals surface area (Å²) in [6.45, 7) is 5.58. The lowest BCUT2D eigenvalue weighted by Crippen LogP contribution is -2.45. The molecular formula is C16H25BrIN3O. The van der Waals surface area contributed by atoms with E-state index in [4.69, 9.17) is 4.74 Å². The molecule has 0 radical (unpaired) electrons. The summed E-state index contributed by atoms with van der Waals surface area (Å²) in [5.41, 5.74) is 1.39. The van der Waals surface area contributed by atoms with Gasteiger partial charge in [0.25, 0.3) is 0 Å². The van der Waals surface area contributed by atoms with E-state index in [2.05, 4.69) is 62.7 Å². The molecule has 3 atom stereocenters. The molecule has 1 aliphatic carbocycles. The second-order valence-electron chi connectivity index (χ2n) is 5.47. The van der Waals surface area contributed by atoms with E-state index in [1.54, 1.807) is 7.11 Å². The highest BCUT2D eigenvalue weighted by Gasteiger charge is 2.39. The molecule has 2 N–H and O–H groups in total. The van der Waals surface area contributed by atoms with Crippen molar-refractivity contribution in [1.82, 2.24) is 10.6 Å². The van der Waals surface area contributed by atoms with Gasteiger partial charge in [-0.1, -0.05) is 28.1 Å². The molecule has 0 aromatic heterocycles. The van der Waals surface area contributed by atoms with Crippen LogP contribution >= 0.6 is 39.9 Å². The van der Waals surface area contributed by atoms with Gasteiger partial charge >= 0.3 is 0 Å². The molecule has 4 nitrogen and oxygen atoms in total. The van der Waals surface area contributed by atoms with Gasteiger partial charge in [-0.25, -0.2) is 0 Å². The average molecular weight is 482 g/mol. The fourth-order valence-corrected chi connectivity index (χ4v) is 2.69. The third-order valence-corrected chi connectivity index (χ3v) is 4.06. The lowest BCUT2D eigenvalue weighted by molar-refractivity contribution is 0.179. The van der Waals surface area contributed by atoms with Gasteiger partial charge < -0.3 is 15.4 Å². The van der Waals surface area contributed by atoms with Crippen LogP contribution in [0.15, 0.2) is 33.7 Å². The zero-order valence-electron chi connectivity index (χ0n) is 13.3. The van der Waals surface area contributed by atoms with E-state index in [1.165, 1.54) is 5.56 Å². The summed E-state index contributed by atoms with van der Waals surface area (Å²) in [4.78, 5) is 4.50. The Bertz CT molecular complexity index is 481. The van der Waals surface area contributed by atoms with Crippen molar-refractivity contribution in [3.8, 4) is 0 Å². The first kappa shape index (κ1) is 19.7. The SMILES string of the molecule is CCN=C(NC(C)COC)NC1CC1c1ccc(Br)cc1.I. The number of guanidine groups is 1. The highest BCUT2D eigenvalue weighted by atomic mass is 127. The van der Waals surface area contributed by atoms with E-state index in [1.807, 2.05) is 6.92 Å². The fraction of sp³-hybridized carbons (Fsp3) is 0.562. The van der Waals surface area contributed by atoms with Crippen molar-refractivity contribution in [2.45, 2.75) is 38.3 Å². The van der Waals surface area contributed by atoms with Crippen molar-refractivity contribution >= 4 is 45.9 Å². The number of nitrogens with one attached hydrogen (secondary N) is 2. The Morgan fingerprint density at radius 3 is 2.68 bits per heavy atom. The van der Waals surface area contributed by atoms with Crippen LogP contribution in [0.5, 0.6) is 0 Å². The second kappa shape index (κ2) is 9.72. The number of nitrogens with zero attached hydrogens (tertiary/aromatic N) is 1. The summed E-state index contributed by atoms with van der Waals surface area (Å²) in [5, 5.41) is 6.89. The van der Waals surface area contributed by atoms with Crippen LogP contribution < -0.4 is 10.6 Å². The molecule has 1 aromatic carbocycles. The summed E-state index contributed by atoms with van der Waals surface area (Å²) in [7, 11) is 1.71. The van der Waals surface area contributed by atoms with E-state index in [0.717, 1.165) is 23.4 Å². The number of ether oxygens (including phenoxy) is 1. The number of aliphatic imine (C=N–C) groups is 1. The van der Waals surface area contributed by atoms with Gasteiger partial charge in [0.2, 0.25) is 0 Å². The highest BCUT2D eigenvalue weighted by Crippen LogP contribution is 2.40. The number of rotatable bonds is 6. The number of methoxy groups -OCH3 is 1. The molecule has 124 valence electrons. The van der Waals surface area contributed by atoms with E-state index >= 15 is 0 Å². The standard InChI is InChI=1S/C16H24BrN3O.HI/c1-4-18-16(19-11(2)10-21-3)20-15-9-14(15)12-5-7-13(17)8-6-12;/h5-8,11,14-15H,4,9-10H2,1-3H3,(H2,18,19,20);1H. The van der Waals surface area contributed by atoms with E-state index < -0.39 is 0 Å². The molecule has 0 aliphatic heterocycles. The molecule has 0 spiro atoms. The van der Waals surface area contributed by atoms with Gasteiger partial charge in [0.15, 0.2) is 5.96 Å². The molecule has 22 heavy (non-hydrogen) atoms. The molecule has 0 heterocycles. The minimum atomic E-state index is 0. The van der Waals surface area contributed by atoms with Gasteiger partial charge in [-0.2, -0.15) is 0 Å². The summed E-state index contributed by atoms with van der Waals surface area (Å²) in [6, 6.07) is 9.30. The van der Waals surface area contributed by atoms with Crippen molar-refractivity contribution < 1.29 is 4.74 Å². The van der Waals surface area contributed by atoms with Crippen molar-refractivity contribution in [2.75, 3.05) is 20.3 Å². The van der Waals surface area contributed by atoms with Crippen LogP contribution in [-0.2, 0) is 4.74 Å². The largest absolute Gasteiger partial charge is 0.383 e. The third-order valence-electron chi connectivity index (χ3n) is 3.53. The van der Waals surface area contributed by atoms with Gasteiger partial charge in [0, 0.05) is 36.1 Å². The van der Waals surface area contributed by atoms with Crippen molar-refractivity contribution in [3.63, 3.8) is 0 Å². The van der Waals surface area contributed by atoms with Gasteiger partial charge in [0.05, 0.1) is 6.61 Å². The lowest BCUT2D eigenvalue weighted by atomic mass is 10.1. The molecule has 1 fully saturated rings. The van der Waals surface area contributed by atoms with Crippen LogP contribution in [0.1, 0.15) is 31.7 Å². The summed E-state index contributed by atoms with van der Waals surface area (Å²) >= 11 is 3.48. The number of halogens is 2. The predicted molar refractivity (Wildman–Crippen MR) is 106 cm³/mol. The number of hydrogen-bond donors (Lipinski definition) is 2. The molecular weight excluding hydrogens is 457 g/mol. The highest BCUT2D eigenvalue weighted by molar-refractivity contribution is 14.0. The van der Waals surface area contributed by atoms with Crippen LogP contribution in [0.4, 0.5) is 0 Å². The van der Waals surface area contributed by atoms with Crippen molar-refractivity contribution in [3.05, 3.63) is 34.3 Å². The maximum atomic E-state index is 5.16. The van der Waals surface area contributed by atoms with Gasteiger partial charge in [-0.05, 0) is 38.0 Å². The topological polar surface area (TPSA) is 45.7 Å². The first-order valence-corrected chi connectivity index (χ1v) is 8.25. The molecule has 1 saturated carbocycles. The van der Waals surface area contributed by atoms with Crippen LogP contribution in [0.3, 0.4) is 0 Å². The Labute approximate surface area is 158 Å². The molecule has 1 aromatic rings. The first-order chi connectivity index (χ1) is 10.1. The van der Waals surface area contributed by atoms with Crippen LogP contribution in [0, 0.1) is 0 Å². The lowest BCUT2D eigenvalue weighted by Gasteiger charge is -2.17. The maximum absolute atomic E-state index is 5.16. The zero-order chi connectivity index (χ0) is 15.2. The van der Waals surface area contributed by atoms with Crippen LogP contribution in [0.25, 0.3) is 0 Å². The Balaban J connectivity index is 0.00000242. The van der Waals surface area contributed by atoms with Crippen LogP contribution in [0.2, 0.25) is 0 Å². The minimum Gasteiger partial charge on any atom is -0.383 e. The molecule has 0 bridgehead atoms. The number of benzene rings is 1. The van der Waals surface area contributed by atoms with E-state index in [9.17, 15) is 0 Å². The quantitative estimate of drug-likeness (QED) is 0.371. The Morgan fingerprint density at radius 2 is 2.09 bits per heavy atom. The molecule has 6 heteroatoms. The number of hydrogen-bond acceptors (Lipinski definition) is 2. The summed E-state index contributed by atoms with van der Waals surface area (Å²) < 4.78 is 6.28. The van der Waals surface area contributed by atoms with E-state index in [0.29, 0.717) is 18.6 Å². The molecule has 0 saturated heterocycles.